The van der Waals surface area contributed by atoms with Crippen LogP contribution in [0.2, 0.25) is 0 Å². The lowest BCUT2D eigenvalue weighted by Crippen LogP contribution is -2.14. The second-order valence-corrected chi connectivity index (χ2v) is 5.19. The summed E-state index contributed by atoms with van der Waals surface area (Å²) in [4.78, 5) is 4.34. The Kier molecular flexibility index (Phi) is 2.88. The lowest BCUT2D eigenvalue weighted by atomic mass is 10.1. The summed E-state index contributed by atoms with van der Waals surface area (Å²) in [6.07, 6.45) is 1.19. The molecule has 1 unspecified atom stereocenters. The molecule has 0 radical (unpaired) electrons. The zero-order valence-corrected chi connectivity index (χ0v) is 10.9. The Morgan fingerprint density at radius 2 is 2.41 bits per heavy atom. The quantitative estimate of drug-likeness (QED) is 0.923. The molecule has 1 N–H and O–H groups in total. The molecule has 2 heterocycles. The van der Waals surface area contributed by atoms with Crippen molar-refractivity contribution in [2.75, 3.05) is 13.1 Å². The minimum Gasteiger partial charge on any atom is -0.318 e. The van der Waals surface area contributed by atoms with Gasteiger partial charge in [0.15, 0.2) is 4.73 Å². The molecule has 90 valence electrons. The van der Waals surface area contributed by atoms with Crippen LogP contribution in [0.15, 0.2) is 22.9 Å². The van der Waals surface area contributed by atoms with Crippen molar-refractivity contribution in [3.05, 3.63) is 28.7 Å². The van der Waals surface area contributed by atoms with Crippen LogP contribution in [0.3, 0.4) is 0 Å². The number of rotatable bonds is 2. The van der Waals surface area contributed by atoms with Crippen LogP contribution < -0.4 is 5.32 Å². The number of hydrogen-bond acceptors (Lipinski definition) is 2. The smallest absolute Gasteiger partial charge is 0.178 e. The molecule has 1 fully saturated rings. The van der Waals surface area contributed by atoms with Gasteiger partial charge in [-0.2, -0.15) is 0 Å². The first-order chi connectivity index (χ1) is 8.24. The van der Waals surface area contributed by atoms with Crippen LogP contribution in [0.1, 0.15) is 6.42 Å². The molecule has 2 aromatic rings. The van der Waals surface area contributed by atoms with E-state index >= 15 is 0 Å². The SMILES string of the molecule is Fc1ccc2c(c1)nc(Br)n2CC1CCNC1. The summed E-state index contributed by atoms with van der Waals surface area (Å²) < 4.78 is 16.0. The van der Waals surface area contributed by atoms with E-state index in [1.807, 2.05) is 0 Å². The Bertz CT molecular complexity index is 546. The van der Waals surface area contributed by atoms with Crippen molar-refractivity contribution in [3.8, 4) is 0 Å². The summed E-state index contributed by atoms with van der Waals surface area (Å²) in [5, 5.41) is 3.35. The first kappa shape index (κ1) is 11.2. The third kappa shape index (κ3) is 2.09. The predicted octanol–water partition coefficient (Wildman–Crippen LogP) is 2.55. The van der Waals surface area contributed by atoms with Crippen molar-refractivity contribution in [2.45, 2.75) is 13.0 Å². The van der Waals surface area contributed by atoms with Crippen LogP contribution in [0.25, 0.3) is 11.0 Å². The molecule has 1 aromatic carbocycles. The van der Waals surface area contributed by atoms with Gasteiger partial charge >= 0.3 is 0 Å². The van der Waals surface area contributed by atoms with E-state index in [2.05, 4.69) is 30.8 Å². The van der Waals surface area contributed by atoms with Gasteiger partial charge in [-0.05, 0) is 53.5 Å². The van der Waals surface area contributed by atoms with Gasteiger partial charge in [-0.1, -0.05) is 0 Å². The van der Waals surface area contributed by atoms with Crippen molar-refractivity contribution >= 4 is 27.0 Å². The number of fused-ring (bicyclic) bond motifs is 1. The maximum absolute atomic E-state index is 13.1. The van der Waals surface area contributed by atoms with Gasteiger partial charge in [0.2, 0.25) is 0 Å². The van der Waals surface area contributed by atoms with Gasteiger partial charge in [-0.3, -0.25) is 0 Å². The van der Waals surface area contributed by atoms with E-state index in [1.54, 1.807) is 6.07 Å². The lowest BCUT2D eigenvalue weighted by Gasteiger charge is -2.11. The van der Waals surface area contributed by atoms with Gasteiger partial charge in [0, 0.05) is 12.6 Å². The summed E-state index contributed by atoms with van der Waals surface area (Å²) in [7, 11) is 0. The minimum absolute atomic E-state index is 0.239. The van der Waals surface area contributed by atoms with Crippen LogP contribution >= 0.6 is 15.9 Å². The monoisotopic (exact) mass is 297 g/mol. The van der Waals surface area contributed by atoms with Gasteiger partial charge in [-0.15, -0.1) is 0 Å². The summed E-state index contributed by atoms with van der Waals surface area (Å²) in [6.45, 7) is 3.06. The van der Waals surface area contributed by atoms with Crippen LogP contribution in [0, 0.1) is 11.7 Å². The van der Waals surface area contributed by atoms with Crippen LogP contribution in [0.5, 0.6) is 0 Å². The van der Waals surface area contributed by atoms with Gasteiger partial charge in [0.25, 0.3) is 0 Å². The Balaban J connectivity index is 1.99. The molecule has 17 heavy (non-hydrogen) atoms. The Hall–Kier alpha value is -0.940. The molecule has 0 aliphatic carbocycles. The molecule has 1 aromatic heterocycles. The first-order valence-electron chi connectivity index (χ1n) is 5.76. The number of hydrogen-bond donors (Lipinski definition) is 1. The molecule has 1 aliphatic rings. The minimum atomic E-state index is -0.239. The van der Waals surface area contributed by atoms with E-state index < -0.39 is 0 Å². The molecule has 5 heteroatoms. The number of aromatic nitrogens is 2. The second kappa shape index (κ2) is 4.38. The van der Waals surface area contributed by atoms with Crippen molar-refractivity contribution in [1.29, 1.82) is 0 Å². The van der Waals surface area contributed by atoms with E-state index in [-0.39, 0.29) is 5.82 Å². The fourth-order valence-electron chi connectivity index (χ4n) is 2.38. The topological polar surface area (TPSA) is 29.9 Å². The molecule has 3 rings (SSSR count). The van der Waals surface area contributed by atoms with E-state index in [4.69, 9.17) is 0 Å². The average molecular weight is 298 g/mol. The normalized spacial score (nSPS) is 20.2. The Morgan fingerprint density at radius 1 is 1.53 bits per heavy atom. The summed E-state index contributed by atoms with van der Waals surface area (Å²) in [5.74, 6) is 0.394. The predicted molar refractivity (Wildman–Crippen MR) is 68.4 cm³/mol. The van der Waals surface area contributed by atoms with E-state index in [1.165, 1.54) is 18.6 Å². The number of nitrogens with one attached hydrogen (secondary N) is 1. The van der Waals surface area contributed by atoms with E-state index in [9.17, 15) is 4.39 Å². The van der Waals surface area contributed by atoms with E-state index in [0.29, 0.717) is 11.4 Å². The summed E-state index contributed by atoms with van der Waals surface area (Å²) in [5.41, 5.74) is 1.70. The van der Waals surface area contributed by atoms with Crippen molar-refractivity contribution < 1.29 is 4.39 Å². The zero-order chi connectivity index (χ0) is 11.8. The zero-order valence-electron chi connectivity index (χ0n) is 9.29. The van der Waals surface area contributed by atoms with Crippen molar-refractivity contribution in [3.63, 3.8) is 0 Å². The fourth-order valence-corrected chi connectivity index (χ4v) is 2.90. The molecular formula is C12H13BrFN3. The van der Waals surface area contributed by atoms with Crippen molar-refractivity contribution in [1.82, 2.24) is 14.9 Å². The van der Waals surface area contributed by atoms with Crippen LogP contribution in [-0.2, 0) is 6.54 Å². The summed E-state index contributed by atoms with van der Waals surface area (Å²) >= 11 is 3.45. The molecule has 0 amide bonds. The Morgan fingerprint density at radius 3 is 3.18 bits per heavy atom. The van der Waals surface area contributed by atoms with Crippen molar-refractivity contribution in [2.24, 2.45) is 5.92 Å². The maximum atomic E-state index is 13.1. The highest BCUT2D eigenvalue weighted by Gasteiger charge is 2.18. The largest absolute Gasteiger partial charge is 0.318 e. The number of benzene rings is 1. The van der Waals surface area contributed by atoms with E-state index in [0.717, 1.165) is 29.9 Å². The van der Waals surface area contributed by atoms with Crippen LogP contribution in [-0.4, -0.2) is 22.6 Å². The highest BCUT2D eigenvalue weighted by molar-refractivity contribution is 9.10. The molecule has 3 nitrogen and oxygen atoms in total. The molecule has 0 saturated carbocycles. The highest BCUT2D eigenvalue weighted by atomic mass is 79.9. The second-order valence-electron chi connectivity index (χ2n) is 4.48. The Labute approximate surface area is 107 Å². The van der Waals surface area contributed by atoms with Crippen LogP contribution in [0.4, 0.5) is 4.39 Å². The lowest BCUT2D eigenvalue weighted by molar-refractivity contribution is 0.484. The summed E-state index contributed by atoms with van der Waals surface area (Å²) in [6, 6.07) is 4.76. The number of nitrogens with zero attached hydrogens (tertiary/aromatic N) is 2. The van der Waals surface area contributed by atoms with Gasteiger partial charge in [0.05, 0.1) is 11.0 Å². The first-order valence-corrected chi connectivity index (χ1v) is 6.55. The molecule has 0 spiro atoms. The molecule has 0 bridgehead atoms. The standard InChI is InChI=1S/C12H13BrFN3/c13-12-16-10-5-9(14)1-2-11(10)17(12)7-8-3-4-15-6-8/h1-2,5,8,15H,3-4,6-7H2. The van der Waals surface area contributed by atoms with Gasteiger partial charge in [0.1, 0.15) is 5.82 Å². The molecule has 1 aliphatic heterocycles. The fraction of sp³-hybridized carbons (Fsp3) is 0.417. The number of imidazole rings is 1. The third-order valence-corrected chi connectivity index (χ3v) is 3.87. The number of halogens is 2. The molecule has 1 atom stereocenters. The highest BCUT2D eigenvalue weighted by Crippen LogP contribution is 2.23. The average Bonchev–Trinajstić information content (AvgIpc) is 2.88. The maximum Gasteiger partial charge on any atom is 0.178 e. The van der Waals surface area contributed by atoms with Gasteiger partial charge < -0.3 is 9.88 Å². The molecule has 1 saturated heterocycles. The third-order valence-electron chi connectivity index (χ3n) is 3.27. The molecular weight excluding hydrogens is 285 g/mol. The van der Waals surface area contributed by atoms with Gasteiger partial charge in [-0.25, -0.2) is 9.37 Å².